The Morgan fingerprint density at radius 2 is 1.85 bits per heavy atom. The number of rotatable bonds is 5. The van der Waals surface area contributed by atoms with Crippen molar-refractivity contribution in [3.8, 4) is 5.75 Å². The molecule has 2 aliphatic heterocycles. The van der Waals surface area contributed by atoms with Crippen molar-refractivity contribution in [2.75, 3.05) is 32.7 Å². The van der Waals surface area contributed by atoms with E-state index < -0.39 is 0 Å². The number of hydrogen-bond acceptors (Lipinski definition) is 3. The first kappa shape index (κ1) is 18.0. The summed E-state index contributed by atoms with van der Waals surface area (Å²) in [5.41, 5.74) is 2.00. The predicted molar refractivity (Wildman–Crippen MR) is 103 cm³/mol. The number of likely N-dealkylation sites (tertiary alicyclic amines) is 1. The highest BCUT2D eigenvalue weighted by Crippen LogP contribution is 2.21. The Balaban J connectivity index is 1.30. The highest BCUT2D eigenvalue weighted by atomic mass is 19.1. The lowest BCUT2D eigenvalue weighted by atomic mass is 9.99. The number of benzene rings is 2. The molecule has 2 aromatic rings. The summed E-state index contributed by atoms with van der Waals surface area (Å²) < 4.78 is 19.0. The molecule has 0 aromatic heterocycles. The summed E-state index contributed by atoms with van der Waals surface area (Å²) in [6.45, 7) is 4.27. The first-order chi connectivity index (χ1) is 13.2. The standard InChI is InChI=1S/C22H25FN2O2/c23-18-7-9-19(10-8-18)27-20-5-3-12-24(16-20)14-15-25-13-11-17-4-1-2-6-21(17)22(25)26/h1-2,4,6-10,20H,3,5,11-16H2/t20-/m1/s1. The Morgan fingerprint density at radius 1 is 1.04 bits per heavy atom. The van der Waals surface area contributed by atoms with Gasteiger partial charge in [-0.15, -0.1) is 0 Å². The van der Waals surface area contributed by atoms with Gasteiger partial charge in [-0.3, -0.25) is 9.69 Å². The lowest BCUT2D eigenvalue weighted by molar-refractivity contribution is 0.0636. The molecule has 1 amide bonds. The van der Waals surface area contributed by atoms with Gasteiger partial charge < -0.3 is 9.64 Å². The normalized spacial score (nSPS) is 20.4. The SMILES string of the molecule is O=C1c2ccccc2CCN1CCN1CCC[C@@H](Oc2ccc(F)cc2)C1. The van der Waals surface area contributed by atoms with E-state index in [-0.39, 0.29) is 17.8 Å². The largest absolute Gasteiger partial charge is 0.489 e. The second kappa shape index (κ2) is 8.09. The molecule has 2 heterocycles. The molecule has 5 heteroatoms. The summed E-state index contributed by atoms with van der Waals surface area (Å²) in [4.78, 5) is 17.0. The highest BCUT2D eigenvalue weighted by molar-refractivity contribution is 5.96. The number of piperidine rings is 1. The molecular weight excluding hydrogens is 343 g/mol. The van der Waals surface area contributed by atoms with Crippen molar-refractivity contribution in [1.82, 2.24) is 9.80 Å². The third kappa shape index (κ3) is 4.30. The van der Waals surface area contributed by atoms with E-state index in [0.717, 1.165) is 63.1 Å². The zero-order valence-electron chi connectivity index (χ0n) is 15.4. The van der Waals surface area contributed by atoms with Gasteiger partial charge in [-0.2, -0.15) is 0 Å². The van der Waals surface area contributed by atoms with Crippen LogP contribution in [0.5, 0.6) is 5.75 Å². The second-order valence-electron chi connectivity index (χ2n) is 7.34. The molecule has 4 nitrogen and oxygen atoms in total. The van der Waals surface area contributed by atoms with Crippen LogP contribution in [0.15, 0.2) is 48.5 Å². The minimum atomic E-state index is -0.250. The van der Waals surface area contributed by atoms with Crippen LogP contribution < -0.4 is 4.74 Å². The van der Waals surface area contributed by atoms with E-state index in [0.29, 0.717) is 5.75 Å². The van der Waals surface area contributed by atoms with Gasteiger partial charge in [0, 0.05) is 31.7 Å². The Hall–Kier alpha value is -2.40. The average Bonchev–Trinajstić information content (AvgIpc) is 2.70. The molecule has 27 heavy (non-hydrogen) atoms. The summed E-state index contributed by atoms with van der Waals surface area (Å²) in [6.07, 6.45) is 3.12. The van der Waals surface area contributed by atoms with Crippen molar-refractivity contribution in [3.63, 3.8) is 0 Å². The molecule has 1 atom stereocenters. The van der Waals surface area contributed by atoms with E-state index in [1.54, 1.807) is 12.1 Å². The average molecular weight is 368 g/mol. The van der Waals surface area contributed by atoms with Crippen LogP contribution in [-0.4, -0.2) is 54.5 Å². The first-order valence-electron chi connectivity index (χ1n) is 9.71. The van der Waals surface area contributed by atoms with Crippen molar-refractivity contribution >= 4 is 5.91 Å². The predicted octanol–water partition coefficient (Wildman–Crippen LogP) is 3.37. The van der Waals surface area contributed by atoms with Gasteiger partial charge in [0.2, 0.25) is 0 Å². The van der Waals surface area contributed by atoms with E-state index in [1.165, 1.54) is 12.1 Å². The number of ether oxygens (including phenoxy) is 1. The lowest BCUT2D eigenvalue weighted by Gasteiger charge is -2.35. The molecule has 0 unspecified atom stereocenters. The van der Waals surface area contributed by atoms with Gasteiger partial charge in [-0.05, 0) is 61.7 Å². The minimum Gasteiger partial charge on any atom is -0.489 e. The maximum absolute atomic E-state index is 13.0. The van der Waals surface area contributed by atoms with Gasteiger partial charge in [-0.1, -0.05) is 18.2 Å². The molecule has 0 spiro atoms. The van der Waals surface area contributed by atoms with E-state index in [9.17, 15) is 9.18 Å². The summed E-state index contributed by atoms with van der Waals surface area (Å²) >= 11 is 0. The third-order valence-electron chi connectivity index (χ3n) is 5.45. The van der Waals surface area contributed by atoms with Gasteiger partial charge >= 0.3 is 0 Å². The second-order valence-corrected chi connectivity index (χ2v) is 7.34. The third-order valence-corrected chi connectivity index (χ3v) is 5.45. The van der Waals surface area contributed by atoms with Gasteiger partial charge in [-0.25, -0.2) is 4.39 Å². The van der Waals surface area contributed by atoms with Gasteiger partial charge in [0.05, 0.1) is 0 Å². The molecule has 2 aromatic carbocycles. The molecule has 0 saturated carbocycles. The number of halogens is 1. The van der Waals surface area contributed by atoms with E-state index in [2.05, 4.69) is 4.90 Å². The number of amides is 1. The molecular formula is C22H25FN2O2. The fourth-order valence-electron chi connectivity index (χ4n) is 3.97. The van der Waals surface area contributed by atoms with E-state index in [1.807, 2.05) is 29.2 Å². The summed E-state index contributed by atoms with van der Waals surface area (Å²) in [5, 5.41) is 0. The number of hydrogen-bond donors (Lipinski definition) is 0. The molecule has 1 saturated heterocycles. The quantitative estimate of drug-likeness (QED) is 0.811. The molecule has 2 aliphatic rings. The van der Waals surface area contributed by atoms with Crippen LogP contribution in [0.2, 0.25) is 0 Å². The number of carbonyl (C=O) groups excluding carboxylic acids is 1. The molecule has 0 radical (unpaired) electrons. The molecule has 0 N–H and O–H groups in total. The fourth-order valence-corrected chi connectivity index (χ4v) is 3.97. The van der Waals surface area contributed by atoms with E-state index in [4.69, 9.17) is 4.74 Å². The van der Waals surface area contributed by atoms with E-state index >= 15 is 0 Å². The topological polar surface area (TPSA) is 32.8 Å². The summed E-state index contributed by atoms with van der Waals surface area (Å²) in [6, 6.07) is 14.1. The Bertz CT molecular complexity index is 793. The molecule has 142 valence electrons. The van der Waals surface area contributed by atoms with Gasteiger partial charge in [0.25, 0.3) is 5.91 Å². The Labute approximate surface area is 159 Å². The zero-order chi connectivity index (χ0) is 18.6. The molecule has 0 aliphatic carbocycles. The van der Waals surface area contributed by atoms with Crippen LogP contribution in [-0.2, 0) is 6.42 Å². The molecule has 4 rings (SSSR count). The first-order valence-corrected chi connectivity index (χ1v) is 9.71. The summed E-state index contributed by atoms with van der Waals surface area (Å²) in [7, 11) is 0. The van der Waals surface area contributed by atoms with Crippen LogP contribution in [0, 0.1) is 5.82 Å². The van der Waals surface area contributed by atoms with Crippen LogP contribution in [0.25, 0.3) is 0 Å². The Kier molecular flexibility index (Phi) is 5.39. The molecule has 1 fully saturated rings. The van der Waals surface area contributed by atoms with Crippen molar-refractivity contribution in [2.45, 2.75) is 25.4 Å². The number of fused-ring (bicyclic) bond motifs is 1. The van der Waals surface area contributed by atoms with Crippen molar-refractivity contribution in [3.05, 3.63) is 65.5 Å². The summed E-state index contributed by atoms with van der Waals surface area (Å²) in [5.74, 6) is 0.611. The lowest BCUT2D eigenvalue weighted by Crippen LogP contribution is -2.46. The monoisotopic (exact) mass is 368 g/mol. The smallest absolute Gasteiger partial charge is 0.254 e. The fraction of sp³-hybridized carbons (Fsp3) is 0.409. The number of nitrogens with zero attached hydrogens (tertiary/aromatic N) is 2. The van der Waals surface area contributed by atoms with Crippen LogP contribution in [0.1, 0.15) is 28.8 Å². The zero-order valence-corrected chi connectivity index (χ0v) is 15.4. The van der Waals surface area contributed by atoms with Crippen molar-refractivity contribution in [2.24, 2.45) is 0 Å². The maximum atomic E-state index is 13.0. The maximum Gasteiger partial charge on any atom is 0.254 e. The van der Waals surface area contributed by atoms with Crippen LogP contribution in [0.4, 0.5) is 4.39 Å². The van der Waals surface area contributed by atoms with Crippen molar-refractivity contribution in [1.29, 1.82) is 0 Å². The van der Waals surface area contributed by atoms with Crippen molar-refractivity contribution < 1.29 is 13.9 Å². The number of carbonyl (C=O) groups is 1. The Morgan fingerprint density at radius 3 is 2.70 bits per heavy atom. The van der Waals surface area contributed by atoms with Crippen LogP contribution >= 0.6 is 0 Å². The highest BCUT2D eigenvalue weighted by Gasteiger charge is 2.26. The van der Waals surface area contributed by atoms with Crippen LogP contribution in [0.3, 0.4) is 0 Å². The van der Waals surface area contributed by atoms with Gasteiger partial charge in [0.15, 0.2) is 0 Å². The molecule has 0 bridgehead atoms. The minimum absolute atomic E-state index is 0.113. The van der Waals surface area contributed by atoms with Gasteiger partial charge in [0.1, 0.15) is 17.7 Å².